The van der Waals surface area contributed by atoms with E-state index >= 15 is 0 Å². The Morgan fingerprint density at radius 1 is 1.07 bits per heavy atom. The third-order valence-corrected chi connectivity index (χ3v) is 5.23. The molecule has 0 aliphatic carbocycles. The molecule has 0 amide bonds. The predicted octanol–water partition coefficient (Wildman–Crippen LogP) is 4.04. The van der Waals surface area contributed by atoms with E-state index in [0.29, 0.717) is 5.75 Å². The van der Waals surface area contributed by atoms with Crippen LogP contribution in [0.25, 0.3) is 0 Å². The zero-order valence-corrected chi connectivity index (χ0v) is 16.6. The van der Waals surface area contributed by atoms with Gasteiger partial charge >= 0.3 is 0 Å². The maximum absolute atomic E-state index is 13.5. The first kappa shape index (κ1) is 20.5. The number of nitrogens with one attached hydrogen (secondary N) is 1. The van der Waals surface area contributed by atoms with Crippen molar-refractivity contribution in [2.45, 2.75) is 24.8 Å². The van der Waals surface area contributed by atoms with Crippen LogP contribution in [0.1, 0.15) is 29.8 Å². The van der Waals surface area contributed by atoms with Crippen LogP contribution in [-0.4, -0.2) is 25.3 Å². The van der Waals surface area contributed by atoms with Crippen LogP contribution >= 0.6 is 0 Å². The van der Waals surface area contributed by atoms with Crippen molar-refractivity contribution in [3.8, 4) is 5.75 Å². The van der Waals surface area contributed by atoms with E-state index in [2.05, 4.69) is 9.71 Å². The molecule has 6 nitrogen and oxygen atoms in total. The predicted molar refractivity (Wildman–Crippen MR) is 107 cm³/mol. The van der Waals surface area contributed by atoms with Gasteiger partial charge in [0.1, 0.15) is 11.6 Å². The Morgan fingerprint density at radius 3 is 2.45 bits per heavy atom. The second kappa shape index (κ2) is 8.40. The lowest BCUT2D eigenvalue weighted by atomic mass is 10.0. The second-order valence-corrected chi connectivity index (χ2v) is 8.16. The molecule has 29 heavy (non-hydrogen) atoms. The van der Waals surface area contributed by atoms with Gasteiger partial charge in [0, 0.05) is 11.8 Å². The molecule has 0 radical (unpaired) electrons. The molecular weight excluding hydrogens is 395 g/mol. The van der Waals surface area contributed by atoms with E-state index in [9.17, 15) is 17.6 Å². The number of anilines is 1. The average Bonchev–Trinajstić information content (AvgIpc) is 2.67. The fraction of sp³-hybridized carbons (Fsp3) is 0.143. The summed E-state index contributed by atoms with van der Waals surface area (Å²) in [6.45, 7) is 3.73. The summed E-state index contributed by atoms with van der Waals surface area (Å²) in [5.41, 5.74) is 0.107. The summed E-state index contributed by atoms with van der Waals surface area (Å²) in [5.74, 6) is -0.704. The molecule has 3 aromatic rings. The number of benzene rings is 2. The first-order valence-electron chi connectivity index (χ1n) is 8.81. The van der Waals surface area contributed by atoms with Gasteiger partial charge in [-0.1, -0.05) is 12.1 Å². The first-order chi connectivity index (χ1) is 13.8. The van der Waals surface area contributed by atoms with Crippen LogP contribution in [0.15, 0.2) is 71.8 Å². The Labute approximate surface area is 168 Å². The molecule has 0 bridgehead atoms. The van der Waals surface area contributed by atoms with Crippen molar-refractivity contribution in [3.05, 3.63) is 83.8 Å². The average molecular weight is 414 g/mol. The quantitative estimate of drug-likeness (QED) is 0.590. The maximum Gasteiger partial charge on any atom is 0.263 e. The summed E-state index contributed by atoms with van der Waals surface area (Å²) in [7, 11) is -4.00. The fourth-order valence-electron chi connectivity index (χ4n) is 2.61. The number of ketones is 1. The number of rotatable bonds is 7. The van der Waals surface area contributed by atoms with Crippen molar-refractivity contribution in [1.29, 1.82) is 0 Å². The fourth-order valence-corrected chi connectivity index (χ4v) is 3.64. The molecule has 0 aliphatic rings. The molecular formula is C21H19FN2O4S. The highest BCUT2D eigenvalue weighted by atomic mass is 32.2. The van der Waals surface area contributed by atoms with E-state index < -0.39 is 21.6 Å². The number of hydrogen-bond donors (Lipinski definition) is 1. The van der Waals surface area contributed by atoms with Gasteiger partial charge in [0.05, 0.1) is 16.6 Å². The van der Waals surface area contributed by atoms with E-state index in [1.807, 2.05) is 13.8 Å². The largest absolute Gasteiger partial charge is 0.491 e. The molecule has 1 heterocycles. The van der Waals surface area contributed by atoms with Gasteiger partial charge in [0.15, 0.2) is 11.6 Å². The van der Waals surface area contributed by atoms with E-state index in [-0.39, 0.29) is 27.9 Å². The van der Waals surface area contributed by atoms with Crippen molar-refractivity contribution in [3.63, 3.8) is 0 Å². The van der Waals surface area contributed by atoms with Crippen molar-refractivity contribution in [2.24, 2.45) is 0 Å². The Hall–Kier alpha value is -3.26. The molecule has 0 fully saturated rings. The first-order valence-corrected chi connectivity index (χ1v) is 10.3. The van der Waals surface area contributed by atoms with Crippen LogP contribution in [0.5, 0.6) is 5.75 Å². The van der Waals surface area contributed by atoms with E-state index in [4.69, 9.17) is 4.74 Å². The number of ether oxygens (including phenoxy) is 1. The highest BCUT2D eigenvalue weighted by Crippen LogP contribution is 2.23. The molecule has 0 saturated carbocycles. The van der Waals surface area contributed by atoms with Crippen molar-refractivity contribution in [2.75, 3.05) is 4.72 Å². The summed E-state index contributed by atoms with van der Waals surface area (Å²) in [6, 6.07) is 14.0. The van der Waals surface area contributed by atoms with Crippen molar-refractivity contribution in [1.82, 2.24) is 4.98 Å². The van der Waals surface area contributed by atoms with Crippen LogP contribution in [0.2, 0.25) is 0 Å². The molecule has 0 aliphatic heterocycles. The van der Waals surface area contributed by atoms with Gasteiger partial charge in [-0.3, -0.25) is 9.52 Å². The number of nitrogens with zero attached hydrogens (tertiary/aromatic N) is 1. The normalized spacial score (nSPS) is 11.3. The number of carbonyl (C=O) groups excluding carboxylic acids is 1. The Balaban J connectivity index is 1.89. The number of carbonyl (C=O) groups is 1. The van der Waals surface area contributed by atoms with Gasteiger partial charge in [0.2, 0.25) is 0 Å². The molecule has 1 N–H and O–H groups in total. The minimum absolute atomic E-state index is 0.0107. The second-order valence-electron chi connectivity index (χ2n) is 6.48. The van der Waals surface area contributed by atoms with Crippen molar-refractivity contribution < 1.29 is 22.3 Å². The molecule has 0 unspecified atom stereocenters. The zero-order chi connectivity index (χ0) is 21.0. The van der Waals surface area contributed by atoms with Crippen LogP contribution in [0.3, 0.4) is 0 Å². The van der Waals surface area contributed by atoms with E-state index in [0.717, 1.165) is 6.07 Å². The minimum atomic E-state index is -4.00. The van der Waals surface area contributed by atoms with Crippen LogP contribution in [-0.2, 0) is 10.0 Å². The van der Waals surface area contributed by atoms with E-state index in [1.165, 1.54) is 48.7 Å². The third kappa shape index (κ3) is 4.97. The van der Waals surface area contributed by atoms with Crippen molar-refractivity contribution >= 4 is 21.6 Å². The molecule has 0 spiro atoms. The topological polar surface area (TPSA) is 85.4 Å². The van der Waals surface area contributed by atoms with Gasteiger partial charge in [-0.05, 0) is 62.4 Å². The van der Waals surface area contributed by atoms with Gasteiger partial charge in [0.25, 0.3) is 10.0 Å². The van der Waals surface area contributed by atoms with Gasteiger partial charge in [-0.2, -0.15) is 0 Å². The Kier molecular flexibility index (Phi) is 5.93. The van der Waals surface area contributed by atoms with Gasteiger partial charge in [-0.25, -0.2) is 17.8 Å². The van der Waals surface area contributed by atoms with Crippen LogP contribution in [0.4, 0.5) is 10.2 Å². The van der Waals surface area contributed by atoms with Gasteiger partial charge < -0.3 is 4.74 Å². The number of halogens is 1. The summed E-state index contributed by atoms with van der Waals surface area (Å²) in [4.78, 5) is 16.7. The lowest BCUT2D eigenvalue weighted by Crippen LogP contribution is -2.17. The number of aromatic nitrogens is 1. The molecule has 1 aromatic heterocycles. The molecule has 150 valence electrons. The molecule has 0 saturated heterocycles. The minimum Gasteiger partial charge on any atom is -0.491 e. The maximum atomic E-state index is 13.5. The number of sulfonamides is 1. The molecule has 8 heteroatoms. The highest BCUT2D eigenvalue weighted by Gasteiger charge is 2.21. The monoisotopic (exact) mass is 414 g/mol. The summed E-state index contributed by atoms with van der Waals surface area (Å²) >= 11 is 0. The highest BCUT2D eigenvalue weighted by molar-refractivity contribution is 7.92. The molecule has 2 aromatic carbocycles. The lowest BCUT2D eigenvalue weighted by molar-refractivity contribution is 0.103. The summed E-state index contributed by atoms with van der Waals surface area (Å²) < 4.78 is 46.8. The number of pyridine rings is 1. The third-order valence-electron chi connectivity index (χ3n) is 3.88. The van der Waals surface area contributed by atoms with Crippen LogP contribution in [0, 0.1) is 5.82 Å². The standard InChI is InChI=1S/C21H19FN2O4S/c1-14(2)28-17-8-10-18(11-9-17)29(26,27)24-21-19(7-4-12-23-21)20(25)15-5-3-6-16(22)13-15/h3-14H,1-2H3,(H,23,24). The lowest BCUT2D eigenvalue weighted by Gasteiger charge is -2.12. The zero-order valence-electron chi connectivity index (χ0n) is 15.8. The van der Waals surface area contributed by atoms with Crippen LogP contribution < -0.4 is 9.46 Å². The summed E-state index contributed by atoms with van der Waals surface area (Å²) in [5, 5.41) is 0. The number of hydrogen-bond acceptors (Lipinski definition) is 5. The smallest absolute Gasteiger partial charge is 0.263 e. The van der Waals surface area contributed by atoms with Gasteiger partial charge in [-0.15, -0.1) is 0 Å². The molecule has 0 atom stereocenters. The SMILES string of the molecule is CC(C)Oc1ccc(S(=O)(=O)Nc2ncccc2C(=O)c2cccc(F)c2)cc1. The Bertz CT molecular complexity index is 1130. The molecule has 3 rings (SSSR count). The Morgan fingerprint density at radius 2 is 1.79 bits per heavy atom. The van der Waals surface area contributed by atoms with E-state index in [1.54, 1.807) is 12.1 Å². The summed E-state index contributed by atoms with van der Waals surface area (Å²) in [6.07, 6.45) is 1.32.